The maximum atomic E-state index is 13.3. The molecule has 7 nitrogen and oxygen atoms in total. The van der Waals surface area contributed by atoms with E-state index in [9.17, 15) is 14.4 Å². The van der Waals surface area contributed by atoms with Crippen molar-refractivity contribution in [1.29, 1.82) is 0 Å². The minimum absolute atomic E-state index is 0.182. The molecule has 1 saturated carbocycles. The third-order valence-electron chi connectivity index (χ3n) is 8.10. The lowest BCUT2D eigenvalue weighted by Crippen LogP contribution is -2.51. The van der Waals surface area contributed by atoms with Crippen molar-refractivity contribution in [2.45, 2.75) is 58.4 Å². The fourth-order valence-electron chi connectivity index (χ4n) is 5.85. The topological polar surface area (TPSA) is 85.5 Å². The molecule has 2 N–H and O–H groups in total. The highest BCUT2D eigenvalue weighted by atomic mass is 16.2. The molecule has 180 valence electrons. The van der Waals surface area contributed by atoms with Gasteiger partial charge in [-0.1, -0.05) is 45.0 Å². The summed E-state index contributed by atoms with van der Waals surface area (Å²) in [5, 5.41) is 4.12. The quantitative estimate of drug-likeness (QED) is 0.667. The van der Waals surface area contributed by atoms with Gasteiger partial charge in [0.2, 0.25) is 5.91 Å². The number of rotatable bonds is 3. The summed E-state index contributed by atoms with van der Waals surface area (Å²) in [6.45, 7) is 7.55. The van der Waals surface area contributed by atoms with E-state index in [1.54, 1.807) is 4.90 Å². The van der Waals surface area contributed by atoms with Crippen LogP contribution < -0.4 is 5.32 Å². The molecule has 0 atom stereocenters. The lowest BCUT2D eigenvalue weighted by atomic mass is 9.67. The van der Waals surface area contributed by atoms with E-state index < -0.39 is 11.6 Å². The fraction of sp³-hybridized carbons (Fsp3) is 0.519. The summed E-state index contributed by atoms with van der Waals surface area (Å²) in [6.07, 6.45) is 7.95. The van der Waals surface area contributed by atoms with Gasteiger partial charge in [0.25, 0.3) is 5.91 Å². The van der Waals surface area contributed by atoms with Gasteiger partial charge in [0.15, 0.2) is 0 Å². The minimum atomic E-state index is -0.830. The monoisotopic (exact) mass is 462 g/mol. The van der Waals surface area contributed by atoms with Crippen LogP contribution in [0.1, 0.15) is 58.4 Å². The Morgan fingerprint density at radius 3 is 2.56 bits per heavy atom. The van der Waals surface area contributed by atoms with Gasteiger partial charge in [0.1, 0.15) is 12.1 Å². The average molecular weight is 463 g/mol. The summed E-state index contributed by atoms with van der Waals surface area (Å²) in [5.74, 6) is 0.119. The van der Waals surface area contributed by atoms with Crippen LogP contribution >= 0.6 is 0 Å². The Bertz CT molecular complexity index is 1160. The number of para-hydroxylation sites is 1. The highest BCUT2D eigenvalue weighted by Crippen LogP contribution is 2.43. The molecule has 0 bridgehead atoms. The zero-order chi connectivity index (χ0) is 24.1. The Hall–Kier alpha value is -3.09. The van der Waals surface area contributed by atoms with Gasteiger partial charge in [-0.3, -0.25) is 14.5 Å². The van der Waals surface area contributed by atoms with Crippen molar-refractivity contribution in [1.82, 2.24) is 20.1 Å². The lowest BCUT2D eigenvalue weighted by molar-refractivity contribution is -0.139. The number of aromatic nitrogens is 1. The van der Waals surface area contributed by atoms with Crippen LogP contribution in [0.3, 0.4) is 0 Å². The van der Waals surface area contributed by atoms with Crippen molar-refractivity contribution in [3.05, 3.63) is 42.1 Å². The third kappa shape index (κ3) is 3.91. The molecule has 5 rings (SSSR count). The van der Waals surface area contributed by atoms with Crippen molar-refractivity contribution in [2.24, 2.45) is 11.3 Å². The highest BCUT2D eigenvalue weighted by molar-refractivity contribution is 6.09. The van der Waals surface area contributed by atoms with Crippen LogP contribution in [0, 0.1) is 11.3 Å². The molecule has 7 heteroatoms. The summed E-state index contributed by atoms with van der Waals surface area (Å²) in [6, 6.07) is 7.76. The SMILES string of the molecule is CC(C)(C)C1CCC2(CC1)NC(=O)N(CC(=O)N1CC=C(c3c[nH]c4ccccc34)CC1)C2=O. The third-order valence-corrected chi connectivity index (χ3v) is 8.10. The van der Waals surface area contributed by atoms with Crippen LogP contribution in [0.25, 0.3) is 16.5 Å². The first-order chi connectivity index (χ1) is 16.2. The summed E-state index contributed by atoms with van der Waals surface area (Å²) in [4.78, 5) is 45.2. The Morgan fingerprint density at radius 2 is 1.88 bits per heavy atom. The molecule has 2 aromatic rings. The molecule has 1 saturated heterocycles. The second-order valence-corrected chi connectivity index (χ2v) is 11.1. The number of imide groups is 1. The van der Waals surface area contributed by atoms with Crippen molar-refractivity contribution in [3.63, 3.8) is 0 Å². The van der Waals surface area contributed by atoms with E-state index in [0.29, 0.717) is 31.8 Å². The normalized spacial score (nSPS) is 25.7. The lowest BCUT2D eigenvalue weighted by Gasteiger charge is -2.40. The molecule has 0 radical (unpaired) electrons. The van der Waals surface area contributed by atoms with Gasteiger partial charge in [-0.15, -0.1) is 0 Å². The number of hydrogen-bond acceptors (Lipinski definition) is 3. The zero-order valence-electron chi connectivity index (χ0n) is 20.3. The van der Waals surface area contributed by atoms with Gasteiger partial charge in [0.05, 0.1) is 0 Å². The second-order valence-electron chi connectivity index (χ2n) is 11.1. The maximum absolute atomic E-state index is 13.3. The van der Waals surface area contributed by atoms with E-state index in [2.05, 4.69) is 49.3 Å². The Morgan fingerprint density at radius 1 is 1.15 bits per heavy atom. The van der Waals surface area contributed by atoms with Gasteiger partial charge in [0, 0.05) is 35.8 Å². The van der Waals surface area contributed by atoms with E-state index in [1.165, 1.54) is 16.5 Å². The first kappa shape index (κ1) is 22.7. The standard InChI is InChI=1S/C27H34N4O3/c1-26(2,3)19-8-12-27(13-9-19)24(33)31(25(34)29-27)17-23(32)30-14-10-18(11-15-30)21-16-28-22-7-5-4-6-20(21)22/h4-7,10,16,19,28H,8-9,11-15,17H2,1-3H3,(H,29,34). The number of amides is 4. The predicted molar refractivity (Wildman–Crippen MR) is 132 cm³/mol. The van der Waals surface area contributed by atoms with E-state index in [1.807, 2.05) is 18.3 Å². The number of carbonyl (C=O) groups excluding carboxylic acids is 3. The van der Waals surface area contributed by atoms with Crippen molar-refractivity contribution >= 4 is 34.3 Å². The highest BCUT2D eigenvalue weighted by Gasteiger charge is 2.53. The first-order valence-corrected chi connectivity index (χ1v) is 12.4. The minimum Gasteiger partial charge on any atom is -0.361 e. The van der Waals surface area contributed by atoms with Crippen molar-refractivity contribution in [2.75, 3.05) is 19.6 Å². The largest absolute Gasteiger partial charge is 0.361 e. The number of fused-ring (bicyclic) bond motifs is 1. The molecule has 1 aliphatic carbocycles. The fourth-order valence-corrected chi connectivity index (χ4v) is 5.85. The van der Waals surface area contributed by atoms with Gasteiger partial charge >= 0.3 is 6.03 Å². The Balaban J connectivity index is 1.22. The molecule has 0 unspecified atom stereocenters. The van der Waals surface area contributed by atoms with Crippen LogP contribution in [0.15, 0.2) is 36.5 Å². The summed E-state index contributed by atoms with van der Waals surface area (Å²) >= 11 is 0. The number of urea groups is 1. The second kappa shape index (κ2) is 8.29. The molecular weight excluding hydrogens is 428 g/mol. The van der Waals surface area contributed by atoms with Gasteiger partial charge in [-0.05, 0) is 55.1 Å². The van der Waals surface area contributed by atoms with E-state index in [0.717, 1.165) is 29.7 Å². The maximum Gasteiger partial charge on any atom is 0.325 e. The zero-order valence-corrected chi connectivity index (χ0v) is 20.3. The van der Waals surface area contributed by atoms with E-state index >= 15 is 0 Å². The number of aromatic amines is 1. The number of hydrogen-bond donors (Lipinski definition) is 2. The molecule has 4 amide bonds. The van der Waals surface area contributed by atoms with Gasteiger partial charge < -0.3 is 15.2 Å². The Kier molecular flexibility index (Phi) is 5.53. The molecule has 2 aliphatic heterocycles. The molecule has 2 fully saturated rings. The molecule has 3 heterocycles. The van der Waals surface area contributed by atoms with Gasteiger partial charge in [-0.2, -0.15) is 0 Å². The van der Waals surface area contributed by atoms with Gasteiger partial charge in [-0.25, -0.2) is 4.79 Å². The van der Waals surface area contributed by atoms with Crippen LogP contribution in [-0.2, 0) is 9.59 Å². The molecule has 3 aliphatic rings. The molecule has 34 heavy (non-hydrogen) atoms. The average Bonchev–Trinajstić information content (AvgIpc) is 3.34. The van der Waals surface area contributed by atoms with E-state index in [-0.39, 0.29) is 23.8 Å². The number of nitrogens with zero attached hydrogens (tertiary/aromatic N) is 2. The van der Waals surface area contributed by atoms with Crippen LogP contribution in [0.2, 0.25) is 0 Å². The number of nitrogens with one attached hydrogen (secondary N) is 2. The number of carbonyl (C=O) groups is 3. The van der Waals surface area contributed by atoms with Crippen molar-refractivity contribution < 1.29 is 14.4 Å². The van der Waals surface area contributed by atoms with Crippen molar-refractivity contribution in [3.8, 4) is 0 Å². The predicted octanol–water partition coefficient (Wildman–Crippen LogP) is 4.31. The molecule has 1 aromatic carbocycles. The summed E-state index contributed by atoms with van der Waals surface area (Å²) < 4.78 is 0. The number of H-pyrrole nitrogens is 1. The van der Waals surface area contributed by atoms with E-state index in [4.69, 9.17) is 0 Å². The molecule has 1 aromatic heterocycles. The molecule has 1 spiro atoms. The smallest absolute Gasteiger partial charge is 0.325 e. The summed E-state index contributed by atoms with van der Waals surface area (Å²) in [5.41, 5.74) is 2.84. The van der Waals surface area contributed by atoms with Crippen LogP contribution in [0.5, 0.6) is 0 Å². The first-order valence-electron chi connectivity index (χ1n) is 12.4. The number of benzene rings is 1. The van der Waals surface area contributed by atoms with Crippen LogP contribution in [-0.4, -0.2) is 57.8 Å². The Labute approximate surface area is 200 Å². The summed E-state index contributed by atoms with van der Waals surface area (Å²) in [7, 11) is 0. The molecular formula is C27H34N4O3. The van der Waals surface area contributed by atoms with Crippen LogP contribution in [0.4, 0.5) is 4.79 Å².